The fourth-order valence-electron chi connectivity index (χ4n) is 2.63. The van der Waals surface area contributed by atoms with Gasteiger partial charge in [-0.1, -0.05) is 54.6 Å². The molecule has 134 valence electrons. The topological polar surface area (TPSA) is 27.7 Å². The van der Waals surface area contributed by atoms with Crippen molar-refractivity contribution >= 4 is 25.1 Å². The van der Waals surface area contributed by atoms with Crippen LogP contribution in [0.5, 0.6) is 11.5 Å². The molecule has 0 fully saturated rings. The second-order valence-electron chi connectivity index (χ2n) is 6.07. The average Bonchev–Trinajstić information content (AvgIpc) is 2.65. The number of halogens is 1. The van der Waals surface area contributed by atoms with E-state index in [9.17, 15) is 0 Å². The van der Waals surface area contributed by atoms with Crippen molar-refractivity contribution in [1.82, 2.24) is 0 Å². The molecular weight excluding hydrogens is 367 g/mol. The highest BCUT2D eigenvalue weighted by molar-refractivity contribution is 7.71. The molecule has 0 aliphatic heterocycles. The van der Waals surface area contributed by atoms with E-state index in [0.717, 1.165) is 22.0 Å². The number of hydrogen-bond donors (Lipinski definition) is 0. The van der Waals surface area contributed by atoms with Crippen LogP contribution in [0.2, 0.25) is 0 Å². The van der Waals surface area contributed by atoms with Gasteiger partial charge in [0, 0.05) is 5.56 Å². The largest absolute Gasteiger partial charge is 0.553 e. The van der Waals surface area contributed by atoms with Crippen molar-refractivity contribution < 1.29 is 13.1 Å². The number of aryl methyl sites for hydroxylation is 3. The highest BCUT2D eigenvalue weighted by Gasteiger charge is 2.54. The monoisotopic (exact) mass is 387 g/mol. The molecule has 0 heterocycles. The van der Waals surface area contributed by atoms with Crippen LogP contribution >= 0.6 is 19.8 Å². The third-order valence-corrected chi connectivity index (χ3v) is 6.82. The summed E-state index contributed by atoms with van der Waals surface area (Å²) in [5.41, 5.74) is 2.95. The van der Waals surface area contributed by atoms with E-state index < -0.39 is 7.94 Å². The number of hydrogen-bond acceptors (Lipinski definition) is 3. The van der Waals surface area contributed by atoms with E-state index in [-0.39, 0.29) is 0 Å². The Morgan fingerprint density at radius 1 is 0.615 bits per heavy atom. The predicted octanol–water partition coefficient (Wildman–Crippen LogP) is 6.33. The zero-order valence-corrected chi connectivity index (χ0v) is 16.6. The molecule has 3 rings (SSSR count). The highest BCUT2D eigenvalue weighted by Crippen LogP contribution is 2.62. The van der Waals surface area contributed by atoms with Gasteiger partial charge in [0.2, 0.25) is 5.30 Å². The molecule has 3 nitrogen and oxygen atoms in total. The molecule has 0 atom stereocenters. The first-order valence-electron chi connectivity index (χ1n) is 8.32. The summed E-state index contributed by atoms with van der Waals surface area (Å²) in [4.78, 5) is 0. The average molecular weight is 388 g/mol. The first-order valence-corrected chi connectivity index (χ1v) is 10.2. The van der Waals surface area contributed by atoms with Gasteiger partial charge >= 0.3 is 7.94 Å². The van der Waals surface area contributed by atoms with Crippen molar-refractivity contribution in [1.29, 1.82) is 0 Å². The van der Waals surface area contributed by atoms with Gasteiger partial charge in [0.1, 0.15) is 11.9 Å². The molecule has 0 saturated heterocycles. The van der Waals surface area contributed by atoms with Crippen molar-refractivity contribution in [2.24, 2.45) is 0 Å². The maximum Gasteiger partial charge on any atom is 0.553 e. The molecule has 0 spiro atoms. The Balaban J connectivity index is 2.12. The van der Waals surface area contributed by atoms with Gasteiger partial charge in [-0.25, -0.2) is 0 Å². The summed E-state index contributed by atoms with van der Waals surface area (Å²) in [6.45, 7) is 5.94. The molecule has 0 N–H and O–H groups in total. The van der Waals surface area contributed by atoms with Crippen molar-refractivity contribution in [2.45, 2.75) is 20.8 Å². The third kappa shape index (κ3) is 3.86. The Hall–Kier alpha value is -2.06. The van der Waals surface area contributed by atoms with E-state index >= 15 is 0 Å². The molecule has 3 aromatic rings. The Kier molecular flexibility index (Phi) is 5.83. The van der Waals surface area contributed by atoms with Crippen LogP contribution in [0, 0.1) is 20.8 Å². The quantitative estimate of drug-likeness (QED) is 0.462. The van der Waals surface area contributed by atoms with Gasteiger partial charge in [-0.15, -0.1) is 0 Å². The molecule has 5 heteroatoms. The maximum atomic E-state index is 6.34. The lowest BCUT2D eigenvalue weighted by molar-refractivity contribution is 0.380. The number of rotatable bonds is 6. The van der Waals surface area contributed by atoms with Crippen molar-refractivity contribution in [2.75, 3.05) is 0 Å². The van der Waals surface area contributed by atoms with E-state index in [4.69, 9.17) is 25.0 Å². The Labute approximate surface area is 160 Å². The van der Waals surface area contributed by atoms with Crippen LogP contribution in [0.1, 0.15) is 16.7 Å². The minimum absolute atomic E-state index is 0.679. The lowest BCUT2D eigenvalue weighted by Crippen LogP contribution is -2.24. The molecule has 0 aliphatic carbocycles. The first-order chi connectivity index (χ1) is 12.6. The molecular formula is C21H21ClO3P+. The van der Waals surface area contributed by atoms with E-state index in [1.165, 1.54) is 0 Å². The molecule has 26 heavy (non-hydrogen) atoms. The summed E-state index contributed by atoms with van der Waals surface area (Å²) >= 11 is 6.03. The van der Waals surface area contributed by atoms with Crippen LogP contribution < -0.4 is 14.4 Å². The molecule has 0 radical (unpaired) electrons. The van der Waals surface area contributed by atoms with Crippen molar-refractivity contribution in [3.63, 3.8) is 0 Å². The lowest BCUT2D eigenvalue weighted by atomic mass is 10.2. The van der Waals surface area contributed by atoms with E-state index in [1.807, 2.05) is 93.6 Å². The van der Waals surface area contributed by atoms with Crippen LogP contribution in [0.25, 0.3) is 0 Å². The maximum absolute atomic E-state index is 6.34. The standard InChI is InChI=1S/C21H21ClO3P/c1-16-10-4-7-13-19(16)23-26(25-22,21-15-9-6-12-18(21)3)24-20-14-8-5-11-17(20)2/h4-15H,1-3H3/q+1. The van der Waals surface area contributed by atoms with Crippen molar-refractivity contribution in [3.8, 4) is 11.5 Å². The summed E-state index contributed by atoms with van der Waals surface area (Å²) in [6.07, 6.45) is 0. The first kappa shape index (κ1) is 18.7. The minimum Gasteiger partial charge on any atom is -0.272 e. The van der Waals surface area contributed by atoms with Gasteiger partial charge in [-0.3, -0.25) is 9.05 Å². The fraction of sp³-hybridized carbons (Fsp3) is 0.143. The normalized spacial score (nSPS) is 11.2. The van der Waals surface area contributed by atoms with Crippen LogP contribution in [-0.2, 0) is 4.08 Å². The predicted molar refractivity (Wildman–Crippen MR) is 108 cm³/mol. The lowest BCUT2D eigenvalue weighted by Gasteiger charge is -2.22. The number of benzene rings is 3. The Bertz CT molecular complexity index is 850. The van der Waals surface area contributed by atoms with Crippen LogP contribution in [0.4, 0.5) is 0 Å². The molecule has 0 aliphatic rings. The molecule has 0 unspecified atom stereocenters. The molecule has 0 aromatic heterocycles. The number of para-hydroxylation sites is 2. The van der Waals surface area contributed by atoms with Crippen molar-refractivity contribution in [3.05, 3.63) is 89.5 Å². The van der Waals surface area contributed by atoms with E-state index in [1.54, 1.807) is 0 Å². The molecule has 0 bridgehead atoms. The zero-order chi connectivity index (χ0) is 18.6. The Morgan fingerprint density at radius 2 is 1.04 bits per heavy atom. The minimum atomic E-state index is -3.10. The summed E-state index contributed by atoms with van der Waals surface area (Å²) in [7, 11) is -3.10. The van der Waals surface area contributed by atoms with Crippen LogP contribution in [-0.4, -0.2) is 0 Å². The van der Waals surface area contributed by atoms with Gasteiger partial charge in [0.05, 0.1) is 0 Å². The van der Waals surface area contributed by atoms with Gasteiger partial charge in [0.15, 0.2) is 11.5 Å². The smallest absolute Gasteiger partial charge is 0.272 e. The molecule has 3 aromatic carbocycles. The Morgan fingerprint density at radius 3 is 1.46 bits per heavy atom. The highest BCUT2D eigenvalue weighted by atomic mass is 35.5. The summed E-state index contributed by atoms with van der Waals surface area (Å²) in [5.74, 6) is 1.36. The molecule has 0 saturated carbocycles. The molecule has 0 amide bonds. The SMILES string of the molecule is Cc1ccccc1O[P+](OCl)(Oc1ccccc1C)c1ccccc1C. The fourth-order valence-corrected chi connectivity index (χ4v) is 5.09. The van der Waals surface area contributed by atoms with E-state index in [0.29, 0.717) is 11.5 Å². The van der Waals surface area contributed by atoms with Gasteiger partial charge in [0.25, 0.3) is 0 Å². The summed E-state index contributed by atoms with van der Waals surface area (Å²) in [5, 5.41) is 0.807. The van der Waals surface area contributed by atoms with Gasteiger partial charge in [-0.05, 0) is 54.2 Å². The summed E-state index contributed by atoms with van der Waals surface area (Å²) in [6, 6.07) is 23.3. The van der Waals surface area contributed by atoms with E-state index in [2.05, 4.69) is 0 Å². The zero-order valence-electron chi connectivity index (χ0n) is 15.0. The van der Waals surface area contributed by atoms with Gasteiger partial charge < -0.3 is 0 Å². The van der Waals surface area contributed by atoms with Crippen LogP contribution in [0.15, 0.2) is 72.8 Å². The third-order valence-electron chi connectivity index (χ3n) is 4.13. The second kappa shape index (κ2) is 8.09. The second-order valence-corrected chi connectivity index (χ2v) is 8.46. The van der Waals surface area contributed by atoms with Gasteiger partial charge in [-0.2, -0.15) is 0 Å². The van der Waals surface area contributed by atoms with Crippen LogP contribution in [0.3, 0.4) is 0 Å². The summed E-state index contributed by atoms with van der Waals surface area (Å²) < 4.78 is 18.1.